The van der Waals surface area contributed by atoms with Gasteiger partial charge in [0.25, 0.3) is 0 Å². The number of carboxylic acids is 1. The SMILES string of the molecule is CN(CC(N)C(=O)O)CC(F)(F)F. The van der Waals surface area contributed by atoms with Crippen LogP contribution in [0.3, 0.4) is 0 Å². The van der Waals surface area contributed by atoms with E-state index in [1.165, 1.54) is 0 Å². The molecule has 0 amide bonds. The number of carboxylic acid groups (broad SMARTS) is 1. The molecule has 0 rings (SSSR count). The van der Waals surface area contributed by atoms with Crippen LogP contribution in [0.1, 0.15) is 0 Å². The summed E-state index contributed by atoms with van der Waals surface area (Å²) in [5.41, 5.74) is 5.03. The number of nitrogens with zero attached hydrogens (tertiary/aromatic N) is 1. The van der Waals surface area contributed by atoms with Gasteiger partial charge in [0.15, 0.2) is 0 Å². The molecule has 0 heterocycles. The van der Waals surface area contributed by atoms with Crippen molar-refractivity contribution in [2.24, 2.45) is 5.73 Å². The highest BCUT2D eigenvalue weighted by molar-refractivity contribution is 5.73. The van der Waals surface area contributed by atoms with Crippen LogP contribution < -0.4 is 5.73 Å². The average molecular weight is 200 g/mol. The van der Waals surface area contributed by atoms with Crippen LogP contribution in [-0.4, -0.2) is 48.3 Å². The van der Waals surface area contributed by atoms with Crippen LogP contribution in [-0.2, 0) is 4.79 Å². The van der Waals surface area contributed by atoms with E-state index < -0.39 is 24.7 Å². The van der Waals surface area contributed by atoms with Crippen LogP contribution in [0.4, 0.5) is 13.2 Å². The molecular formula is C6H11F3N2O2. The summed E-state index contributed by atoms with van der Waals surface area (Å²) < 4.78 is 35.2. The predicted molar refractivity (Wildman–Crippen MR) is 39.2 cm³/mol. The van der Waals surface area contributed by atoms with Crippen LogP contribution in [0, 0.1) is 0 Å². The van der Waals surface area contributed by atoms with Crippen LogP contribution in [0.2, 0.25) is 0 Å². The first-order valence-electron chi connectivity index (χ1n) is 3.46. The zero-order valence-corrected chi connectivity index (χ0v) is 7.01. The lowest BCUT2D eigenvalue weighted by Gasteiger charge is -2.20. The van der Waals surface area contributed by atoms with Crippen molar-refractivity contribution in [3.05, 3.63) is 0 Å². The smallest absolute Gasteiger partial charge is 0.401 e. The van der Waals surface area contributed by atoms with E-state index in [1.807, 2.05) is 0 Å². The second-order valence-electron chi connectivity index (χ2n) is 2.76. The standard InChI is InChI=1S/C6H11F3N2O2/c1-11(3-6(7,8)9)2-4(10)5(12)13/h4H,2-3,10H2,1H3,(H,12,13). The van der Waals surface area contributed by atoms with Gasteiger partial charge in [-0.1, -0.05) is 0 Å². The fraction of sp³-hybridized carbons (Fsp3) is 0.833. The Hall–Kier alpha value is -0.820. The normalized spacial score (nSPS) is 14.6. The number of halogens is 3. The van der Waals surface area contributed by atoms with Gasteiger partial charge in [0.1, 0.15) is 6.04 Å². The summed E-state index contributed by atoms with van der Waals surface area (Å²) in [6.07, 6.45) is -4.33. The molecule has 0 aliphatic heterocycles. The zero-order chi connectivity index (χ0) is 10.6. The topological polar surface area (TPSA) is 66.6 Å². The Morgan fingerprint density at radius 2 is 2.08 bits per heavy atom. The van der Waals surface area contributed by atoms with Crippen molar-refractivity contribution in [2.75, 3.05) is 20.1 Å². The number of likely N-dealkylation sites (N-methyl/N-ethyl adjacent to an activating group) is 1. The zero-order valence-electron chi connectivity index (χ0n) is 7.01. The Labute approximate surface area is 73.1 Å². The van der Waals surface area contributed by atoms with E-state index in [4.69, 9.17) is 10.8 Å². The van der Waals surface area contributed by atoms with Gasteiger partial charge in [-0.15, -0.1) is 0 Å². The number of hydrogen-bond donors (Lipinski definition) is 2. The molecular weight excluding hydrogens is 189 g/mol. The summed E-state index contributed by atoms with van der Waals surface area (Å²) >= 11 is 0. The van der Waals surface area contributed by atoms with Gasteiger partial charge in [-0.25, -0.2) is 0 Å². The molecule has 0 spiro atoms. The maximum Gasteiger partial charge on any atom is 0.401 e. The van der Waals surface area contributed by atoms with Crippen LogP contribution in [0.25, 0.3) is 0 Å². The lowest BCUT2D eigenvalue weighted by atomic mass is 10.3. The Bertz CT molecular complexity index is 183. The van der Waals surface area contributed by atoms with Gasteiger partial charge in [-0.05, 0) is 7.05 Å². The Kier molecular flexibility index (Phi) is 4.15. The molecule has 1 unspecified atom stereocenters. The van der Waals surface area contributed by atoms with E-state index in [0.29, 0.717) is 0 Å². The third-order valence-corrected chi connectivity index (χ3v) is 1.27. The molecule has 0 aromatic carbocycles. The second kappa shape index (κ2) is 4.43. The molecule has 4 nitrogen and oxygen atoms in total. The molecule has 3 N–H and O–H groups in total. The van der Waals surface area contributed by atoms with Crippen molar-refractivity contribution < 1.29 is 23.1 Å². The molecule has 0 aromatic rings. The Morgan fingerprint density at radius 1 is 1.62 bits per heavy atom. The fourth-order valence-corrected chi connectivity index (χ4v) is 0.784. The van der Waals surface area contributed by atoms with Gasteiger partial charge in [0.2, 0.25) is 0 Å². The van der Waals surface area contributed by atoms with Crippen molar-refractivity contribution in [3.63, 3.8) is 0 Å². The van der Waals surface area contributed by atoms with Gasteiger partial charge in [0, 0.05) is 6.54 Å². The summed E-state index contributed by atoms with van der Waals surface area (Å²) in [4.78, 5) is 11.0. The Morgan fingerprint density at radius 3 is 2.38 bits per heavy atom. The lowest BCUT2D eigenvalue weighted by Crippen LogP contribution is -2.44. The van der Waals surface area contributed by atoms with E-state index in [2.05, 4.69) is 0 Å². The average Bonchev–Trinajstić information content (AvgIpc) is 1.81. The number of carbonyl (C=O) groups is 1. The molecule has 0 bridgehead atoms. The summed E-state index contributed by atoms with van der Waals surface area (Å²) in [5.74, 6) is -1.31. The van der Waals surface area contributed by atoms with E-state index >= 15 is 0 Å². The van der Waals surface area contributed by atoms with Crippen LogP contribution >= 0.6 is 0 Å². The molecule has 1 atom stereocenters. The number of aliphatic carboxylic acids is 1. The minimum atomic E-state index is -4.33. The van der Waals surface area contributed by atoms with Crippen molar-refractivity contribution in [1.29, 1.82) is 0 Å². The van der Waals surface area contributed by atoms with Gasteiger partial charge in [-0.2, -0.15) is 13.2 Å². The largest absolute Gasteiger partial charge is 0.480 e. The van der Waals surface area contributed by atoms with E-state index in [1.54, 1.807) is 0 Å². The van der Waals surface area contributed by atoms with Crippen molar-refractivity contribution >= 4 is 5.97 Å². The molecule has 78 valence electrons. The van der Waals surface area contributed by atoms with Crippen LogP contribution in [0.15, 0.2) is 0 Å². The predicted octanol–water partition coefficient (Wildman–Crippen LogP) is -0.108. The van der Waals surface area contributed by atoms with Crippen LogP contribution in [0.5, 0.6) is 0 Å². The van der Waals surface area contributed by atoms with Gasteiger partial charge in [0.05, 0.1) is 6.54 Å². The number of nitrogens with two attached hydrogens (primary N) is 1. The first kappa shape index (κ1) is 12.2. The summed E-state index contributed by atoms with van der Waals surface area (Å²) in [5, 5.41) is 8.30. The summed E-state index contributed by atoms with van der Waals surface area (Å²) in [6, 6.07) is -1.28. The number of rotatable bonds is 4. The molecule has 0 fully saturated rings. The molecule has 7 heteroatoms. The van der Waals surface area contributed by atoms with Gasteiger partial charge >= 0.3 is 12.1 Å². The number of alkyl halides is 3. The maximum absolute atomic E-state index is 11.7. The molecule has 0 aliphatic rings. The molecule has 13 heavy (non-hydrogen) atoms. The highest BCUT2D eigenvalue weighted by atomic mass is 19.4. The van der Waals surface area contributed by atoms with E-state index in [-0.39, 0.29) is 6.54 Å². The second-order valence-corrected chi connectivity index (χ2v) is 2.76. The fourth-order valence-electron chi connectivity index (χ4n) is 0.784. The molecule has 0 aromatic heterocycles. The Balaban J connectivity index is 3.88. The van der Waals surface area contributed by atoms with Crippen molar-refractivity contribution in [2.45, 2.75) is 12.2 Å². The maximum atomic E-state index is 11.7. The quantitative estimate of drug-likeness (QED) is 0.664. The first-order valence-corrected chi connectivity index (χ1v) is 3.46. The summed E-state index contributed by atoms with van der Waals surface area (Å²) in [7, 11) is 1.16. The minimum absolute atomic E-state index is 0.325. The van der Waals surface area contributed by atoms with Gasteiger partial charge < -0.3 is 10.8 Å². The monoisotopic (exact) mass is 200 g/mol. The number of hydrogen-bond acceptors (Lipinski definition) is 3. The first-order chi connectivity index (χ1) is 5.72. The minimum Gasteiger partial charge on any atom is -0.480 e. The third-order valence-electron chi connectivity index (χ3n) is 1.27. The highest BCUT2D eigenvalue weighted by Crippen LogP contribution is 2.15. The summed E-state index contributed by atoms with van der Waals surface area (Å²) in [6.45, 7) is -1.48. The lowest BCUT2D eigenvalue weighted by molar-refractivity contribution is -0.148. The van der Waals surface area contributed by atoms with E-state index in [9.17, 15) is 18.0 Å². The van der Waals surface area contributed by atoms with E-state index in [0.717, 1.165) is 11.9 Å². The molecule has 0 saturated heterocycles. The third kappa shape index (κ3) is 6.35. The molecule has 0 aliphatic carbocycles. The van der Waals surface area contributed by atoms with Crippen molar-refractivity contribution in [3.8, 4) is 0 Å². The highest BCUT2D eigenvalue weighted by Gasteiger charge is 2.30. The molecule has 0 radical (unpaired) electrons. The van der Waals surface area contributed by atoms with Gasteiger partial charge in [-0.3, -0.25) is 9.69 Å². The molecule has 0 saturated carbocycles. The van der Waals surface area contributed by atoms with Crippen molar-refractivity contribution in [1.82, 2.24) is 4.90 Å².